The van der Waals surface area contributed by atoms with E-state index in [2.05, 4.69) is 32.7 Å². The van der Waals surface area contributed by atoms with Crippen molar-refractivity contribution in [3.8, 4) is 23.2 Å². The van der Waals surface area contributed by atoms with Crippen LogP contribution in [0, 0.1) is 14.9 Å². The van der Waals surface area contributed by atoms with Crippen LogP contribution < -0.4 is 10.3 Å². The van der Waals surface area contributed by atoms with E-state index in [-0.39, 0.29) is 12.2 Å². The lowest BCUT2D eigenvalue weighted by atomic mass is 10.2. The van der Waals surface area contributed by atoms with E-state index in [1.54, 1.807) is 18.3 Å². The highest BCUT2D eigenvalue weighted by Gasteiger charge is 2.12. The summed E-state index contributed by atoms with van der Waals surface area (Å²) in [4.78, 5) is 17.8. The molecule has 0 spiro atoms. The van der Waals surface area contributed by atoms with Gasteiger partial charge in [0, 0.05) is 5.56 Å². The third kappa shape index (κ3) is 4.09. The fourth-order valence-corrected chi connectivity index (χ4v) is 3.65. The molecule has 0 atom stereocenters. The average Bonchev–Trinajstić information content (AvgIpc) is 2.78. The highest BCUT2D eigenvalue weighted by Crippen LogP contribution is 2.22. The molecule has 7 heteroatoms. The lowest BCUT2D eigenvalue weighted by Crippen LogP contribution is -2.20. The molecule has 0 amide bonds. The Bertz CT molecular complexity index is 1340. The Hall–Kier alpha value is -3.51. The first-order valence-electron chi connectivity index (χ1n) is 9.08. The van der Waals surface area contributed by atoms with Crippen LogP contribution in [0.2, 0.25) is 0 Å². The van der Waals surface area contributed by atoms with Crippen LogP contribution in [-0.2, 0) is 0 Å². The quantitative estimate of drug-likeness (QED) is 0.296. The number of rotatable bonds is 5. The maximum absolute atomic E-state index is 13.1. The van der Waals surface area contributed by atoms with Gasteiger partial charge in [0.05, 0.1) is 20.7 Å². The van der Waals surface area contributed by atoms with Gasteiger partial charge in [-0.2, -0.15) is 15.0 Å². The van der Waals surface area contributed by atoms with Crippen molar-refractivity contribution in [3.63, 3.8) is 0 Å². The molecule has 0 unspecified atom stereocenters. The minimum absolute atomic E-state index is 0.0119. The molecule has 0 N–H and O–H groups in total. The Morgan fingerprint density at radius 3 is 2.63 bits per heavy atom. The summed E-state index contributed by atoms with van der Waals surface area (Å²) in [5.41, 5.74) is 1.98. The second-order valence-electron chi connectivity index (χ2n) is 6.32. The van der Waals surface area contributed by atoms with Crippen LogP contribution in [0.15, 0.2) is 82.7 Å². The number of para-hydroxylation sites is 1. The first kappa shape index (κ1) is 19.8. The molecule has 0 aliphatic rings. The van der Waals surface area contributed by atoms with E-state index in [0.717, 1.165) is 14.7 Å². The molecule has 6 nitrogen and oxygen atoms in total. The van der Waals surface area contributed by atoms with E-state index in [4.69, 9.17) is 10.00 Å². The van der Waals surface area contributed by atoms with E-state index < -0.39 is 0 Å². The van der Waals surface area contributed by atoms with E-state index in [0.29, 0.717) is 22.5 Å². The third-order valence-electron chi connectivity index (χ3n) is 4.36. The Morgan fingerprint density at radius 1 is 1.10 bits per heavy atom. The van der Waals surface area contributed by atoms with Crippen LogP contribution in [0.4, 0.5) is 0 Å². The van der Waals surface area contributed by atoms with E-state index in [9.17, 15) is 4.79 Å². The first-order chi connectivity index (χ1) is 14.7. The summed E-state index contributed by atoms with van der Waals surface area (Å²) < 4.78 is 7.54. The van der Waals surface area contributed by atoms with E-state index >= 15 is 0 Å². The summed E-state index contributed by atoms with van der Waals surface area (Å²) in [5, 5.41) is 13.6. The molecule has 0 saturated carbocycles. The fraction of sp³-hybridized carbons (Fsp3) is 0.0435. The monoisotopic (exact) mass is 506 g/mol. The number of benzene rings is 3. The van der Waals surface area contributed by atoms with Crippen LogP contribution in [0.5, 0.6) is 5.75 Å². The van der Waals surface area contributed by atoms with Gasteiger partial charge in [0.15, 0.2) is 12.4 Å². The molecule has 0 bridgehead atoms. The van der Waals surface area contributed by atoms with Crippen LogP contribution in [0.1, 0.15) is 5.56 Å². The number of ether oxygens (including phenoxy) is 1. The van der Waals surface area contributed by atoms with Crippen molar-refractivity contribution < 1.29 is 4.74 Å². The lowest BCUT2D eigenvalue weighted by molar-refractivity contribution is 0.365. The van der Waals surface area contributed by atoms with Gasteiger partial charge in [-0.15, -0.1) is 0 Å². The number of nitrogens with zero attached hydrogens (tertiary/aromatic N) is 4. The van der Waals surface area contributed by atoms with Gasteiger partial charge in [0.25, 0.3) is 5.56 Å². The molecule has 146 valence electrons. The zero-order chi connectivity index (χ0) is 20.9. The Kier molecular flexibility index (Phi) is 5.86. The summed E-state index contributed by atoms with van der Waals surface area (Å²) in [7, 11) is 0. The molecule has 0 aliphatic heterocycles. The van der Waals surface area contributed by atoms with Gasteiger partial charge < -0.3 is 4.74 Å². The molecule has 0 saturated heterocycles. The van der Waals surface area contributed by atoms with Crippen molar-refractivity contribution >= 4 is 39.7 Å². The highest BCUT2D eigenvalue weighted by atomic mass is 127. The second-order valence-corrected chi connectivity index (χ2v) is 7.48. The van der Waals surface area contributed by atoms with Gasteiger partial charge in [0.1, 0.15) is 11.8 Å². The molecule has 30 heavy (non-hydrogen) atoms. The summed E-state index contributed by atoms with van der Waals surface area (Å²) in [6, 6.07) is 24.1. The predicted molar refractivity (Wildman–Crippen MR) is 125 cm³/mol. The van der Waals surface area contributed by atoms with Gasteiger partial charge in [-0.25, -0.2) is 4.98 Å². The van der Waals surface area contributed by atoms with Crippen molar-refractivity contribution in [1.82, 2.24) is 9.66 Å². The van der Waals surface area contributed by atoms with Crippen molar-refractivity contribution in [1.29, 1.82) is 5.26 Å². The minimum Gasteiger partial charge on any atom is -0.478 e. The maximum Gasteiger partial charge on any atom is 0.282 e. The Labute approximate surface area is 186 Å². The fourth-order valence-electron chi connectivity index (χ4n) is 2.95. The average molecular weight is 506 g/mol. The second kappa shape index (κ2) is 8.88. The molecular weight excluding hydrogens is 491 g/mol. The Morgan fingerprint density at radius 2 is 1.87 bits per heavy atom. The predicted octanol–water partition coefficient (Wildman–Crippen LogP) is 4.45. The van der Waals surface area contributed by atoms with Crippen LogP contribution in [0.25, 0.3) is 22.3 Å². The van der Waals surface area contributed by atoms with Gasteiger partial charge in [-0.3, -0.25) is 4.79 Å². The van der Waals surface area contributed by atoms with Crippen LogP contribution in [-0.4, -0.2) is 22.5 Å². The largest absolute Gasteiger partial charge is 0.478 e. The zero-order valence-electron chi connectivity index (χ0n) is 15.7. The molecular formula is C23H15IN4O2. The molecule has 4 rings (SSSR count). The third-order valence-corrected chi connectivity index (χ3v) is 5.20. The molecule has 0 radical (unpaired) electrons. The SMILES string of the molecule is N#CCOc1ccc(C=Nn2c(-c3ccccc3)nc3ccccc3c2=O)cc1I. The number of hydrogen-bond donors (Lipinski definition) is 0. The number of nitriles is 1. The molecule has 1 heterocycles. The first-order valence-corrected chi connectivity index (χ1v) is 10.2. The van der Waals surface area contributed by atoms with E-state index in [1.165, 1.54) is 4.68 Å². The smallest absolute Gasteiger partial charge is 0.282 e. The molecule has 3 aromatic carbocycles. The molecule has 4 aromatic rings. The van der Waals surface area contributed by atoms with Gasteiger partial charge >= 0.3 is 0 Å². The normalized spacial score (nSPS) is 10.9. The zero-order valence-corrected chi connectivity index (χ0v) is 17.9. The van der Waals surface area contributed by atoms with Crippen molar-refractivity contribution in [3.05, 3.63) is 92.3 Å². The minimum atomic E-state index is -0.237. The number of fused-ring (bicyclic) bond motifs is 1. The standard InChI is InChI=1S/C23H15IN4O2/c24-19-14-16(10-11-21(19)30-13-12-25)15-26-28-22(17-6-2-1-3-7-17)27-20-9-5-4-8-18(20)23(28)29/h1-11,14-15H,13H2. The number of halogens is 1. The van der Waals surface area contributed by atoms with Gasteiger partial charge in [0.2, 0.25) is 0 Å². The molecule has 0 fully saturated rings. The maximum atomic E-state index is 13.1. The summed E-state index contributed by atoms with van der Waals surface area (Å²) in [6.07, 6.45) is 1.61. The van der Waals surface area contributed by atoms with Gasteiger partial charge in [-0.1, -0.05) is 42.5 Å². The van der Waals surface area contributed by atoms with Crippen molar-refractivity contribution in [2.24, 2.45) is 5.10 Å². The highest BCUT2D eigenvalue weighted by molar-refractivity contribution is 14.1. The number of aromatic nitrogens is 2. The van der Waals surface area contributed by atoms with Gasteiger partial charge in [-0.05, 0) is 58.5 Å². The summed E-state index contributed by atoms with van der Waals surface area (Å²) in [5.74, 6) is 1.10. The van der Waals surface area contributed by atoms with Crippen LogP contribution >= 0.6 is 22.6 Å². The Balaban J connectivity index is 1.80. The summed E-state index contributed by atoms with van der Waals surface area (Å²) in [6.45, 7) is -0.0119. The lowest BCUT2D eigenvalue weighted by Gasteiger charge is -2.09. The van der Waals surface area contributed by atoms with Crippen molar-refractivity contribution in [2.45, 2.75) is 0 Å². The molecule has 1 aromatic heterocycles. The number of hydrogen-bond acceptors (Lipinski definition) is 5. The van der Waals surface area contributed by atoms with Crippen LogP contribution in [0.3, 0.4) is 0 Å². The molecule has 0 aliphatic carbocycles. The van der Waals surface area contributed by atoms with E-state index in [1.807, 2.05) is 66.7 Å². The van der Waals surface area contributed by atoms with Crippen molar-refractivity contribution in [2.75, 3.05) is 6.61 Å². The summed E-state index contributed by atoms with van der Waals surface area (Å²) >= 11 is 2.14. The topological polar surface area (TPSA) is 80.3 Å².